The molecule has 37 heavy (non-hydrogen) atoms. The molecule has 3 N–H and O–H groups in total. The molecule has 0 bridgehead atoms. The Labute approximate surface area is 214 Å². The molecule has 0 radical (unpaired) electrons. The lowest BCUT2D eigenvalue weighted by Crippen LogP contribution is -2.55. The Morgan fingerprint density at radius 1 is 1.32 bits per heavy atom. The number of nitrogens with two attached hydrogens (primary N) is 1. The Hall–Kier alpha value is -2.82. The number of methoxy groups -OCH3 is 1. The summed E-state index contributed by atoms with van der Waals surface area (Å²) in [5.74, 6) is -0.526. The maximum absolute atomic E-state index is 13.4. The minimum Gasteiger partial charge on any atom is -0.487 e. The first kappa shape index (κ1) is 27.2. The molecule has 1 aromatic rings. The van der Waals surface area contributed by atoms with Crippen LogP contribution < -0.4 is 15.8 Å². The number of nitrogens with one attached hydrogen (secondary N) is 1. The lowest BCUT2D eigenvalue weighted by atomic mass is 9.88. The summed E-state index contributed by atoms with van der Waals surface area (Å²) >= 11 is 0. The van der Waals surface area contributed by atoms with E-state index in [1.54, 1.807) is 7.11 Å². The number of benzene rings is 1. The van der Waals surface area contributed by atoms with Crippen LogP contribution in [0.3, 0.4) is 0 Å². The van der Waals surface area contributed by atoms with Crippen molar-refractivity contribution in [2.75, 3.05) is 13.7 Å². The predicted octanol–water partition coefficient (Wildman–Crippen LogP) is 3.79. The van der Waals surface area contributed by atoms with Gasteiger partial charge in [0.1, 0.15) is 11.4 Å². The molecule has 0 aromatic heterocycles. The van der Waals surface area contributed by atoms with Crippen molar-refractivity contribution in [2.45, 2.75) is 82.8 Å². The zero-order valence-electron chi connectivity index (χ0n) is 21.8. The number of guanidine groups is 1. The molecular formula is C26H35F3N4O4. The van der Waals surface area contributed by atoms with Gasteiger partial charge in [0.05, 0.1) is 23.6 Å². The van der Waals surface area contributed by atoms with Gasteiger partial charge in [-0.05, 0) is 64.7 Å². The molecule has 1 saturated carbocycles. The SMILES string of the molecule is COCC[C@H]([C@H]1CC1C(=O)N[C@H]1CC(C)(C)Oc2ccc(C(F)(F)F)cc21)N1C(=O)CC(C)(C)N=C1N. The van der Waals surface area contributed by atoms with Crippen molar-refractivity contribution in [2.24, 2.45) is 22.6 Å². The van der Waals surface area contributed by atoms with Crippen LogP contribution in [0.2, 0.25) is 0 Å². The van der Waals surface area contributed by atoms with Gasteiger partial charge in [-0.3, -0.25) is 14.5 Å². The number of halogens is 3. The van der Waals surface area contributed by atoms with E-state index in [9.17, 15) is 22.8 Å². The van der Waals surface area contributed by atoms with Crippen LogP contribution in [0.1, 0.15) is 70.5 Å². The van der Waals surface area contributed by atoms with E-state index < -0.39 is 34.8 Å². The highest BCUT2D eigenvalue weighted by atomic mass is 19.4. The van der Waals surface area contributed by atoms with E-state index in [0.29, 0.717) is 37.2 Å². The second kappa shape index (κ2) is 9.49. The summed E-state index contributed by atoms with van der Waals surface area (Å²) in [6.45, 7) is 7.71. The van der Waals surface area contributed by atoms with Gasteiger partial charge >= 0.3 is 6.18 Å². The molecule has 1 fully saturated rings. The average molecular weight is 525 g/mol. The van der Waals surface area contributed by atoms with Crippen molar-refractivity contribution >= 4 is 17.8 Å². The molecule has 4 atom stereocenters. The lowest BCUT2D eigenvalue weighted by Gasteiger charge is -2.39. The molecule has 0 spiro atoms. The summed E-state index contributed by atoms with van der Waals surface area (Å²) in [7, 11) is 1.56. The Kier molecular flexibility index (Phi) is 6.98. The summed E-state index contributed by atoms with van der Waals surface area (Å²) in [4.78, 5) is 32.3. The van der Waals surface area contributed by atoms with E-state index in [-0.39, 0.29) is 36.2 Å². The van der Waals surface area contributed by atoms with E-state index in [1.807, 2.05) is 27.7 Å². The molecule has 8 nitrogen and oxygen atoms in total. The molecule has 1 unspecified atom stereocenters. The van der Waals surface area contributed by atoms with Gasteiger partial charge in [-0.1, -0.05) is 0 Å². The third kappa shape index (κ3) is 5.86. The zero-order chi connectivity index (χ0) is 27.3. The van der Waals surface area contributed by atoms with Crippen LogP contribution in [-0.4, -0.2) is 53.6 Å². The monoisotopic (exact) mass is 524 g/mol. The van der Waals surface area contributed by atoms with Crippen molar-refractivity contribution < 1.29 is 32.2 Å². The van der Waals surface area contributed by atoms with Crippen molar-refractivity contribution in [3.63, 3.8) is 0 Å². The highest BCUT2D eigenvalue weighted by molar-refractivity contribution is 5.99. The molecular weight excluding hydrogens is 489 g/mol. The van der Waals surface area contributed by atoms with Crippen LogP contribution >= 0.6 is 0 Å². The summed E-state index contributed by atoms with van der Waals surface area (Å²) in [6, 6.07) is 2.34. The molecule has 1 aliphatic carbocycles. The van der Waals surface area contributed by atoms with Gasteiger partial charge in [0, 0.05) is 37.7 Å². The molecule has 204 valence electrons. The van der Waals surface area contributed by atoms with E-state index in [0.717, 1.165) is 12.1 Å². The lowest BCUT2D eigenvalue weighted by molar-refractivity contribution is -0.137. The number of rotatable bonds is 7. The number of hydrogen-bond acceptors (Lipinski definition) is 6. The van der Waals surface area contributed by atoms with Gasteiger partial charge in [-0.15, -0.1) is 0 Å². The molecule has 3 aliphatic rings. The number of carbonyl (C=O) groups excluding carboxylic acids is 2. The Morgan fingerprint density at radius 2 is 2.03 bits per heavy atom. The van der Waals surface area contributed by atoms with Crippen LogP contribution in [0.4, 0.5) is 13.2 Å². The van der Waals surface area contributed by atoms with Crippen molar-refractivity contribution in [3.05, 3.63) is 29.3 Å². The largest absolute Gasteiger partial charge is 0.487 e. The van der Waals surface area contributed by atoms with Crippen LogP contribution in [-0.2, 0) is 20.5 Å². The number of nitrogens with zero attached hydrogens (tertiary/aromatic N) is 2. The van der Waals surface area contributed by atoms with Crippen molar-refractivity contribution in [1.29, 1.82) is 0 Å². The first-order valence-electron chi connectivity index (χ1n) is 12.5. The van der Waals surface area contributed by atoms with Gasteiger partial charge in [0.15, 0.2) is 5.96 Å². The third-order valence-corrected chi connectivity index (χ3v) is 7.25. The van der Waals surface area contributed by atoms with Crippen LogP contribution in [0, 0.1) is 11.8 Å². The number of hydrogen-bond donors (Lipinski definition) is 2. The number of aliphatic imine (C=N–C) groups is 1. The second-order valence-corrected chi connectivity index (χ2v) is 11.5. The Bertz CT molecular complexity index is 1100. The summed E-state index contributed by atoms with van der Waals surface area (Å²) in [5.41, 5.74) is 4.44. The average Bonchev–Trinajstić information content (AvgIpc) is 3.54. The van der Waals surface area contributed by atoms with E-state index in [4.69, 9.17) is 15.2 Å². The van der Waals surface area contributed by atoms with E-state index in [2.05, 4.69) is 10.3 Å². The highest BCUT2D eigenvalue weighted by Gasteiger charge is 2.52. The van der Waals surface area contributed by atoms with Gasteiger partial charge in [0.25, 0.3) is 0 Å². The standard InChI is InChI=1S/C26H35F3N4O4/c1-24(2)13-21(34)33(23(30)32-24)19(8-9-36-5)15-11-16(15)22(35)31-18-12-25(3,4)37-20-7-6-14(10-17(18)20)26(27,28)29/h6-7,10,15-16,18-19H,8-9,11-13H2,1-5H3,(H2,30,32)(H,31,35)/t15-,16?,18-,19+/m0/s1. The number of fused-ring (bicyclic) bond motifs is 1. The highest BCUT2D eigenvalue weighted by Crippen LogP contribution is 2.47. The summed E-state index contributed by atoms with van der Waals surface area (Å²) in [6.07, 6.45) is -2.98. The molecule has 0 saturated heterocycles. The maximum atomic E-state index is 13.4. The fraction of sp³-hybridized carbons (Fsp3) is 0.654. The topological polar surface area (TPSA) is 106 Å². The Balaban J connectivity index is 1.54. The van der Waals surface area contributed by atoms with Crippen LogP contribution in [0.15, 0.2) is 23.2 Å². The zero-order valence-corrected chi connectivity index (χ0v) is 21.8. The second-order valence-electron chi connectivity index (χ2n) is 11.5. The number of amides is 2. The molecule has 2 amide bonds. The summed E-state index contributed by atoms with van der Waals surface area (Å²) < 4.78 is 51.3. The fourth-order valence-corrected chi connectivity index (χ4v) is 5.49. The van der Waals surface area contributed by atoms with Gasteiger partial charge in [-0.25, -0.2) is 4.99 Å². The molecule has 1 aromatic carbocycles. The number of alkyl halides is 3. The van der Waals surface area contributed by atoms with Crippen molar-refractivity contribution in [1.82, 2.24) is 10.2 Å². The Morgan fingerprint density at radius 3 is 2.65 bits per heavy atom. The van der Waals surface area contributed by atoms with Gasteiger partial charge < -0.3 is 20.5 Å². The minimum absolute atomic E-state index is 0.133. The normalized spacial score (nSPS) is 27.0. The van der Waals surface area contributed by atoms with Gasteiger partial charge in [0.2, 0.25) is 11.8 Å². The molecule has 4 rings (SSSR count). The smallest absolute Gasteiger partial charge is 0.416 e. The van der Waals surface area contributed by atoms with E-state index in [1.165, 1.54) is 11.0 Å². The first-order chi connectivity index (χ1) is 17.1. The summed E-state index contributed by atoms with van der Waals surface area (Å²) in [5, 5.41) is 2.97. The molecule has 11 heteroatoms. The number of carbonyl (C=O) groups is 2. The minimum atomic E-state index is -4.51. The van der Waals surface area contributed by atoms with Crippen molar-refractivity contribution in [3.8, 4) is 5.75 Å². The molecule has 2 aliphatic heterocycles. The number of ether oxygens (including phenoxy) is 2. The van der Waals surface area contributed by atoms with Crippen LogP contribution in [0.25, 0.3) is 0 Å². The third-order valence-electron chi connectivity index (χ3n) is 7.25. The van der Waals surface area contributed by atoms with Gasteiger partial charge in [-0.2, -0.15) is 13.2 Å². The first-order valence-corrected chi connectivity index (χ1v) is 12.5. The van der Waals surface area contributed by atoms with Crippen LogP contribution in [0.5, 0.6) is 5.75 Å². The quantitative estimate of drug-likeness (QED) is 0.565. The predicted molar refractivity (Wildman–Crippen MR) is 131 cm³/mol. The fourth-order valence-electron chi connectivity index (χ4n) is 5.49. The maximum Gasteiger partial charge on any atom is 0.416 e. The molecule has 2 heterocycles. The van der Waals surface area contributed by atoms with E-state index >= 15 is 0 Å².